The number of hydrogen-bond donors (Lipinski definition) is 4. The van der Waals surface area contributed by atoms with Crippen molar-refractivity contribution in [2.45, 2.75) is 37.9 Å². The van der Waals surface area contributed by atoms with Crippen LogP contribution in [0.25, 0.3) is 16.9 Å². The van der Waals surface area contributed by atoms with Crippen LogP contribution < -0.4 is 11.3 Å². The SMILES string of the molecule is CCc1ccccc1-n1c(N)nc2c(ncn2[C@@H]2O[C@H](CO)[C@@H](O)[C@H]2O)c1=O. The zero-order valence-electron chi connectivity index (χ0n) is 15.1. The van der Waals surface area contributed by atoms with E-state index in [9.17, 15) is 20.1 Å². The lowest BCUT2D eigenvalue weighted by Gasteiger charge is -2.17. The Kier molecular flexibility index (Phi) is 4.63. The average molecular weight is 387 g/mol. The van der Waals surface area contributed by atoms with E-state index in [4.69, 9.17) is 10.5 Å². The fraction of sp³-hybridized carbons (Fsp3) is 0.389. The number of aromatic nitrogens is 4. The molecular weight excluding hydrogens is 366 g/mol. The monoisotopic (exact) mass is 387 g/mol. The van der Waals surface area contributed by atoms with Crippen LogP contribution in [0.3, 0.4) is 0 Å². The number of rotatable bonds is 4. The molecule has 148 valence electrons. The van der Waals surface area contributed by atoms with Gasteiger partial charge in [-0.05, 0) is 18.1 Å². The number of aryl methyl sites for hydroxylation is 1. The second-order valence-corrected chi connectivity index (χ2v) is 6.65. The summed E-state index contributed by atoms with van der Waals surface area (Å²) in [7, 11) is 0. The van der Waals surface area contributed by atoms with Crippen molar-refractivity contribution >= 4 is 17.1 Å². The molecule has 0 unspecified atom stereocenters. The Morgan fingerprint density at radius 2 is 2.00 bits per heavy atom. The van der Waals surface area contributed by atoms with Gasteiger partial charge in [0.15, 0.2) is 17.4 Å². The molecule has 10 nitrogen and oxygen atoms in total. The Bertz CT molecular complexity index is 1080. The molecule has 0 spiro atoms. The number of imidazole rings is 1. The molecule has 0 radical (unpaired) electrons. The van der Waals surface area contributed by atoms with Crippen molar-refractivity contribution in [2.24, 2.45) is 0 Å². The third-order valence-electron chi connectivity index (χ3n) is 5.03. The van der Waals surface area contributed by atoms with E-state index in [0.29, 0.717) is 12.1 Å². The van der Waals surface area contributed by atoms with Crippen molar-refractivity contribution in [3.63, 3.8) is 0 Å². The predicted octanol–water partition coefficient (Wildman–Crippen LogP) is -0.662. The van der Waals surface area contributed by atoms with Crippen LogP contribution in [-0.2, 0) is 11.2 Å². The summed E-state index contributed by atoms with van der Waals surface area (Å²) in [6, 6.07) is 7.38. The van der Waals surface area contributed by atoms with Gasteiger partial charge in [-0.3, -0.25) is 9.36 Å². The van der Waals surface area contributed by atoms with E-state index < -0.39 is 36.7 Å². The van der Waals surface area contributed by atoms with Crippen molar-refractivity contribution < 1.29 is 20.1 Å². The fourth-order valence-corrected chi connectivity index (χ4v) is 3.54. The van der Waals surface area contributed by atoms with Gasteiger partial charge in [-0.1, -0.05) is 25.1 Å². The topological polar surface area (TPSA) is 149 Å². The van der Waals surface area contributed by atoms with Crippen LogP contribution in [0.15, 0.2) is 35.4 Å². The number of nitrogens with zero attached hydrogens (tertiary/aromatic N) is 4. The van der Waals surface area contributed by atoms with E-state index in [0.717, 1.165) is 5.56 Å². The second kappa shape index (κ2) is 6.99. The standard InChI is InChI=1S/C18H21N5O5/c1-2-9-5-3-4-6-10(9)23-16(27)12-15(21-18(23)19)22(8-20-12)17-14(26)13(25)11(7-24)28-17/h3-6,8,11,13-14,17,24-26H,2,7H2,1H3,(H2,19,21)/t11-,13-,14-,17-/m1/s1. The summed E-state index contributed by atoms with van der Waals surface area (Å²) < 4.78 is 8.14. The first-order valence-electron chi connectivity index (χ1n) is 8.93. The van der Waals surface area contributed by atoms with Crippen molar-refractivity contribution in [3.8, 4) is 5.69 Å². The predicted molar refractivity (Wildman–Crippen MR) is 99.9 cm³/mol. The summed E-state index contributed by atoms with van der Waals surface area (Å²) in [5, 5.41) is 29.5. The van der Waals surface area contributed by atoms with Gasteiger partial charge in [0, 0.05) is 0 Å². The van der Waals surface area contributed by atoms with Crippen molar-refractivity contribution in [1.29, 1.82) is 0 Å². The first-order valence-corrected chi connectivity index (χ1v) is 8.93. The van der Waals surface area contributed by atoms with Gasteiger partial charge in [0.25, 0.3) is 5.56 Å². The largest absolute Gasteiger partial charge is 0.394 e. The summed E-state index contributed by atoms with van der Waals surface area (Å²) in [6.07, 6.45) is -2.59. The molecule has 28 heavy (non-hydrogen) atoms. The van der Waals surface area contributed by atoms with Gasteiger partial charge >= 0.3 is 0 Å². The third-order valence-corrected chi connectivity index (χ3v) is 5.03. The van der Waals surface area contributed by atoms with E-state index in [1.165, 1.54) is 15.5 Å². The molecule has 1 fully saturated rings. The van der Waals surface area contributed by atoms with Crippen molar-refractivity contribution in [2.75, 3.05) is 12.3 Å². The third kappa shape index (κ3) is 2.69. The molecule has 3 aromatic rings. The lowest BCUT2D eigenvalue weighted by Crippen LogP contribution is -2.33. The van der Waals surface area contributed by atoms with Gasteiger partial charge in [0.2, 0.25) is 5.95 Å². The van der Waals surface area contributed by atoms with Crippen LogP contribution in [0.2, 0.25) is 0 Å². The molecule has 0 saturated carbocycles. The molecule has 10 heteroatoms. The minimum absolute atomic E-state index is 0.0353. The van der Waals surface area contributed by atoms with E-state index >= 15 is 0 Å². The molecule has 1 saturated heterocycles. The number of nitrogens with two attached hydrogens (primary N) is 1. The molecule has 0 amide bonds. The van der Waals surface area contributed by atoms with Gasteiger partial charge in [0.05, 0.1) is 18.6 Å². The van der Waals surface area contributed by atoms with E-state index in [1.54, 1.807) is 6.07 Å². The number of hydrogen-bond acceptors (Lipinski definition) is 8. The minimum Gasteiger partial charge on any atom is -0.394 e. The number of anilines is 1. The van der Waals surface area contributed by atoms with Gasteiger partial charge in [-0.25, -0.2) is 9.55 Å². The van der Waals surface area contributed by atoms with Crippen LogP contribution in [0.1, 0.15) is 18.7 Å². The minimum atomic E-state index is -1.32. The Balaban J connectivity index is 1.87. The van der Waals surface area contributed by atoms with Crippen LogP contribution in [-0.4, -0.2) is 59.3 Å². The van der Waals surface area contributed by atoms with Crippen LogP contribution in [0, 0.1) is 0 Å². The Hall–Kier alpha value is -2.79. The first kappa shape index (κ1) is 18.6. The van der Waals surface area contributed by atoms with Gasteiger partial charge in [-0.15, -0.1) is 0 Å². The van der Waals surface area contributed by atoms with Crippen molar-refractivity contribution in [3.05, 3.63) is 46.5 Å². The highest BCUT2D eigenvalue weighted by atomic mass is 16.6. The van der Waals surface area contributed by atoms with Gasteiger partial charge in [0.1, 0.15) is 18.3 Å². The number of aliphatic hydroxyl groups is 3. The number of aliphatic hydroxyl groups excluding tert-OH is 3. The molecule has 0 bridgehead atoms. The number of fused-ring (bicyclic) bond motifs is 1. The lowest BCUT2D eigenvalue weighted by molar-refractivity contribution is -0.0511. The quantitative estimate of drug-likeness (QED) is 0.461. The molecule has 0 aliphatic carbocycles. The van der Waals surface area contributed by atoms with Gasteiger partial charge in [-0.2, -0.15) is 4.98 Å². The highest BCUT2D eigenvalue weighted by Gasteiger charge is 2.44. The molecule has 4 rings (SSSR count). The molecule has 5 N–H and O–H groups in total. The second-order valence-electron chi connectivity index (χ2n) is 6.65. The molecule has 4 atom stereocenters. The fourth-order valence-electron chi connectivity index (χ4n) is 3.54. The van der Waals surface area contributed by atoms with Crippen LogP contribution >= 0.6 is 0 Å². The average Bonchev–Trinajstić information content (AvgIpc) is 3.23. The summed E-state index contributed by atoms with van der Waals surface area (Å²) in [5.74, 6) is -0.0353. The maximum Gasteiger partial charge on any atom is 0.287 e. The molecule has 1 aromatic carbocycles. The highest BCUT2D eigenvalue weighted by Crippen LogP contribution is 2.31. The van der Waals surface area contributed by atoms with Crippen LogP contribution in [0.4, 0.5) is 5.95 Å². The molecular formula is C18H21N5O5. The Morgan fingerprint density at radius 1 is 1.25 bits per heavy atom. The van der Waals surface area contributed by atoms with E-state index in [1.807, 2.05) is 25.1 Å². The summed E-state index contributed by atoms with van der Waals surface area (Å²) in [4.78, 5) is 21.5. The summed E-state index contributed by atoms with van der Waals surface area (Å²) >= 11 is 0. The summed E-state index contributed by atoms with van der Waals surface area (Å²) in [6.45, 7) is 1.51. The van der Waals surface area contributed by atoms with Crippen molar-refractivity contribution in [1.82, 2.24) is 19.1 Å². The maximum atomic E-state index is 13.1. The zero-order chi connectivity index (χ0) is 20.0. The number of para-hydroxylation sites is 1. The molecule has 3 heterocycles. The normalized spacial score (nSPS) is 24.9. The van der Waals surface area contributed by atoms with Crippen LogP contribution in [0.5, 0.6) is 0 Å². The van der Waals surface area contributed by atoms with E-state index in [-0.39, 0.29) is 17.1 Å². The summed E-state index contributed by atoms with van der Waals surface area (Å²) in [5.41, 5.74) is 7.39. The smallest absolute Gasteiger partial charge is 0.287 e. The first-order chi connectivity index (χ1) is 13.5. The Morgan fingerprint density at radius 3 is 2.68 bits per heavy atom. The molecule has 1 aliphatic heterocycles. The lowest BCUT2D eigenvalue weighted by atomic mass is 10.1. The molecule has 2 aromatic heterocycles. The Labute approximate surface area is 159 Å². The van der Waals surface area contributed by atoms with Gasteiger partial charge < -0.3 is 25.8 Å². The zero-order valence-corrected chi connectivity index (χ0v) is 15.1. The number of nitrogen functional groups attached to an aromatic ring is 1. The number of benzene rings is 1. The molecule has 1 aliphatic rings. The number of ether oxygens (including phenoxy) is 1. The maximum absolute atomic E-state index is 13.1. The van der Waals surface area contributed by atoms with E-state index in [2.05, 4.69) is 9.97 Å². The highest BCUT2D eigenvalue weighted by molar-refractivity contribution is 5.72.